The van der Waals surface area contributed by atoms with E-state index in [2.05, 4.69) is 12.1 Å². The van der Waals surface area contributed by atoms with E-state index in [1.54, 1.807) is 0 Å². The lowest BCUT2D eigenvalue weighted by Crippen LogP contribution is -1.99. The van der Waals surface area contributed by atoms with Crippen LogP contribution in [0, 0.1) is 25.2 Å². The predicted molar refractivity (Wildman–Crippen MR) is 71.4 cm³/mol. The number of rotatable bonds is 3. The van der Waals surface area contributed by atoms with Crippen LogP contribution in [-0.2, 0) is 6.61 Å². The molecular weight excluding hydrogens is 222 g/mol. The average Bonchev–Trinajstić information content (AvgIpc) is 2.40. The minimum Gasteiger partial charge on any atom is -0.489 e. The zero-order chi connectivity index (χ0) is 13.0. The normalized spacial score (nSPS) is 9.83. The number of nitrogens with zero attached hydrogens (tertiary/aromatic N) is 1. The summed E-state index contributed by atoms with van der Waals surface area (Å²) in [5.41, 5.74) is 3.86. The molecule has 0 radical (unpaired) electrons. The van der Waals surface area contributed by atoms with Gasteiger partial charge in [-0.3, -0.25) is 0 Å². The van der Waals surface area contributed by atoms with E-state index in [9.17, 15) is 0 Å². The SMILES string of the molecule is Cc1ccc(C)c(OCc2ccccc2C#N)c1. The number of ether oxygens (including phenoxy) is 1. The summed E-state index contributed by atoms with van der Waals surface area (Å²) in [6.45, 7) is 4.48. The Morgan fingerprint density at radius 1 is 1.11 bits per heavy atom. The van der Waals surface area contributed by atoms with E-state index in [-0.39, 0.29) is 0 Å². The molecule has 0 saturated carbocycles. The number of nitriles is 1. The van der Waals surface area contributed by atoms with Crippen LogP contribution in [-0.4, -0.2) is 0 Å². The lowest BCUT2D eigenvalue weighted by Gasteiger charge is -2.10. The summed E-state index contributed by atoms with van der Waals surface area (Å²) in [6.07, 6.45) is 0. The fraction of sp³-hybridized carbons (Fsp3) is 0.188. The highest BCUT2D eigenvalue weighted by Crippen LogP contribution is 2.21. The first kappa shape index (κ1) is 12.2. The van der Waals surface area contributed by atoms with Crippen molar-refractivity contribution in [2.24, 2.45) is 0 Å². The van der Waals surface area contributed by atoms with E-state index in [0.29, 0.717) is 12.2 Å². The molecule has 2 heteroatoms. The zero-order valence-corrected chi connectivity index (χ0v) is 10.6. The molecular formula is C16H15NO. The molecule has 0 saturated heterocycles. The van der Waals surface area contributed by atoms with Gasteiger partial charge in [0.2, 0.25) is 0 Å². The fourth-order valence-corrected chi connectivity index (χ4v) is 1.77. The van der Waals surface area contributed by atoms with E-state index in [0.717, 1.165) is 16.9 Å². The van der Waals surface area contributed by atoms with Crippen LogP contribution in [0.1, 0.15) is 22.3 Å². The summed E-state index contributed by atoms with van der Waals surface area (Å²) < 4.78 is 5.80. The molecule has 0 fully saturated rings. The van der Waals surface area contributed by atoms with Crippen molar-refractivity contribution >= 4 is 0 Å². The second-order valence-electron chi connectivity index (χ2n) is 4.33. The molecule has 0 unspecified atom stereocenters. The highest BCUT2D eigenvalue weighted by atomic mass is 16.5. The minimum absolute atomic E-state index is 0.425. The van der Waals surface area contributed by atoms with Crippen LogP contribution in [0.15, 0.2) is 42.5 Å². The first-order valence-electron chi connectivity index (χ1n) is 5.89. The van der Waals surface area contributed by atoms with Crippen molar-refractivity contribution in [3.8, 4) is 11.8 Å². The van der Waals surface area contributed by atoms with Crippen molar-refractivity contribution < 1.29 is 4.74 Å². The molecule has 90 valence electrons. The number of hydrogen-bond acceptors (Lipinski definition) is 2. The van der Waals surface area contributed by atoms with Crippen molar-refractivity contribution in [1.29, 1.82) is 5.26 Å². The Morgan fingerprint density at radius 3 is 2.67 bits per heavy atom. The molecule has 2 rings (SSSR count). The minimum atomic E-state index is 0.425. The van der Waals surface area contributed by atoms with Crippen LogP contribution < -0.4 is 4.74 Å². The van der Waals surface area contributed by atoms with Gasteiger partial charge in [0.1, 0.15) is 12.4 Å². The molecule has 0 spiro atoms. The standard InChI is InChI=1S/C16H15NO/c1-12-7-8-13(2)16(9-12)18-11-15-6-4-3-5-14(15)10-17/h3-9H,11H2,1-2H3. The maximum atomic E-state index is 9.01. The highest BCUT2D eigenvalue weighted by molar-refractivity contribution is 5.39. The molecule has 2 nitrogen and oxygen atoms in total. The Kier molecular flexibility index (Phi) is 3.64. The quantitative estimate of drug-likeness (QED) is 0.814. The molecule has 2 aromatic rings. The van der Waals surface area contributed by atoms with Crippen LogP contribution in [0.25, 0.3) is 0 Å². The third-order valence-electron chi connectivity index (χ3n) is 2.86. The first-order valence-corrected chi connectivity index (χ1v) is 5.89. The average molecular weight is 237 g/mol. The lowest BCUT2D eigenvalue weighted by atomic mass is 10.1. The molecule has 0 heterocycles. The van der Waals surface area contributed by atoms with Gasteiger partial charge >= 0.3 is 0 Å². The number of hydrogen-bond donors (Lipinski definition) is 0. The number of benzene rings is 2. The molecule has 0 aliphatic heterocycles. The van der Waals surface area contributed by atoms with Crippen molar-refractivity contribution in [3.05, 3.63) is 64.7 Å². The van der Waals surface area contributed by atoms with E-state index in [4.69, 9.17) is 10.00 Å². The van der Waals surface area contributed by atoms with E-state index >= 15 is 0 Å². The van der Waals surface area contributed by atoms with Gasteiger partial charge in [-0.05, 0) is 37.1 Å². The van der Waals surface area contributed by atoms with Crippen LogP contribution >= 0.6 is 0 Å². The topological polar surface area (TPSA) is 33.0 Å². The lowest BCUT2D eigenvalue weighted by molar-refractivity contribution is 0.303. The smallest absolute Gasteiger partial charge is 0.122 e. The largest absolute Gasteiger partial charge is 0.489 e. The van der Waals surface area contributed by atoms with Gasteiger partial charge in [0.15, 0.2) is 0 Å². The molecule has 0 bridgehead atoms. The van der Waals surface area contributed by atoms with E-state index in [1.165, 1.54) is 5.56 Å². The van der Waals surface area contributed by atoms with Crippen molar-refractivity contribution in [1.82, 2.24) is 0 Å². The van der Waals surface area contributed by atoms with Gasteiger partial charge in [0.25, 0.3) is 0 Å². The third kappa shape index (κ3) is 2.70. The second kappa shape index (κ2) is 5.37. The summed E-state index contributed by atoms with van der Waals surface area (Å²) >= 11 is 0. The maximum Gasteiger partial charge on any atom is 0.122 e. The molecule has 0 aliphatic carbocycles. The van der Waals surface area contributed by atoms with Crippen LogP contribution in [0.2, 0.25) is 0 Å². The van der Waals surface area contributed by atoms with E-state index < -0.39 is 0 Å². The van der Waals surface area contributed by atoms with Gasteiger partial charge < -0.3 is 4.74 Å². The fourth-order valence-electron chi connectivity index (χ4n) is 1.77. The molecule has 0 aromatic heterocycles. The van der Waals surface area contributed by atoms with Crippen LogP contribution in [0.3, 0.4) is 0 Å². The van der Waals surface area contributed by atoms with Crippen molar-refractivity contribution in [2.75, 3.05) is 0 Å². The van der Waals surface area contributed by atoms with E-state index in [1.807, 2.05) is 50.2 Å². The van der Waals surface area contributed by atoms with Crippen molar-refractivity contribution in [2.45, 2.75) is 20.5 Å². The van der Waals surface area contributed by atoms with Gasteiger partial charge in [0.05, 0.1) is 11.6 Å². The molecule has 2 aromatic carbocycles. The Morgan fingerprint density at radius 2 is 1.89 bits per heavy atom. The molecule has 0 amide bonds. The predicted octanol–water partition coefficient (Wildman–Crippen LogP) is 3.75. The van der Waals surface area contributed by atoms with Crippen LogP contribution in [0.4, 0.5) is 0 Å². The second-order valence-corrected chi connectivity index (χ2v) is 4.33. The van der Waals surface area contributed by atoms with Gasteiger partial charge in [-0.25, -0.2) is 0 Å². The summed E-state index contributed by atoms with van der Waals surface area (Å²) in [7, 11) is 0. The molecule has 0 N–H and O–H groups in total. The molecule has 0 aliphatic rings. The number of aryl methyl sites for hydroxylation is 2. The Labute approximate surface area is 107 Å². The Bertz CT molecular complexity index is 596. The van der Waals surface area contributed by atoms with Gasteiger partial charge in [0, 0.05) is 5.56 Å². The summed E-state index contributed by atoms with van der Waals surface area (Å²) in [5.74, 6) is 0.878. The highest BCUT2D eigenvalue weighted by Gasteiger charge is 2.04. The summed E-state index contributed by atoms with van der Waals surface area (Å²) in [4.78, 5) is 0. The molecule has 0 atom stereocenters. The third-order valence-corrected chi connectivity index (χ3v) is 2.86. The summed E-state index contributed by atoms with van der Waals surface area (Å²) in [6, 6.07) is 15.8. The molecule has 18 heavy (non-hydrogen) atoms. The first-order chi connectivity index (χ1) is 8.70. The zero-order valence-electron chi connectivity index (χ0n) is 10.6. The summed E-state index contributed by atoms with van der Waals surface area (Å²) in [5, 5.41) is 9.01. The van der Waals surface area contributed by atoms with Crippen LogP contribution in [0.5, 0.6) is 5.75 Å². The monoisotopic (exact) mass is 237 g/mol. The van der Waals surface area contributed by atoms with Gasteiger partial charge in [-0.15, -0.1) is 0 Å². The maximum absolute atomic E-state index is 9.01. The Balaban J connectivity index is 2.17. The van der Waals surface area contributed by atoms with Crippen molar-refractivity contribution in [3.63, 3.8) is 0 Å². The Hall–Kier alpha value is -2.27. The van der Waals surface area contributed by atoms with Gasteiger partial charge in [-0.1, -0.05) is 30.3 Å². The van der Waals surface area contributed by atoms with Gasteiger partial charge in [-0.2, -0.15) is 5.26 Å².